The molecule has 0 saturated carbocycles. The number of carbonyl (C=O) groups is 1. The van der Waals surface area contributed by atoms with Gasteiger partial charge in [0.25, 0.3) is 0 Å². The molecule has 3 heterocycles. The van der Waals surface area contributed by atoms with Crippen LogP contribution in [0.5, 0.6) is 0 Å². The van der Waals surface area contributed by atoms with Gasteiger partial charge in [0.2, 0.25) is 0 Å². The van der Waals surface area contributed by atoms with Crippen molar-refractivity contribution in [3.63, 3.8) is 0 Å². The monoisotopic (exact) mass is 366 g/mol. The second-order valence-corrected chi connectivity index (χ2v) is 6.70. The van der Waals surface area contributed by atoms with Crippen molar-refractivity contribution in [3.05, 3.63) is 83.8 Å². The summed E-state index contributed by atoms with van der Waals surface area (Å²) in [7, 11) is 0. The number of aromatic nitrogens is 3. The highest BCUT2D eigenvalue weighted by Gasteiger charge is 2.22. The molecule has 5 rings (SSSR count). The van der Waals surface area contributed by atoms with Gasteiger partial charge in [-0.25, -0.2) is 9.78 Å². The lowest BCUT2D eigenvalue weighted by atomic mass is 10.1. The molecular formula is C22H14N4O2. The van der Waals surface area contributed by atoms with Gasteiger partial charge in [-0.15, -0.1) is 0 Å². The Labute approximate surface area is 160 Å². The highest BCUT2D eigenvalue weighted by atomic mass is 16.4. The zero-order valence-corrected chi connectivity index (χ0v) is 14.7. The summed E-state index contributed by atoms with van der Waals surface area (Å²) in [6.07, 6.45) is 5.67. The van der Waals surface area contributed by atoms with Crippen LogP contribution >= 0.6 is 0 Å². The van der Waals surface area contributed by atoms with Crippen LogP contribution in [-0.2, 0) is 6.54 Å². The average Bonchev–Trinajstić information content (AvgIpc) is 3.33. The summed E-state index contributed by atoms with van der Waals surface area (Å²) in [6.45, 7) is 0.547. The van der Waals surface area contributed by atoms with Crippen LogP contribution in [0, 0.1) is 11.3 Å². The molecule has 2 aromatic carbocycles. The van der Waals surface area contributed by atoms with E-state index in [1.165, 1.54) is 0 Å². The Morgan fingerprint density at radius 2 is 1.93 bits per heavy atom. The summed E-state index contributed by atoms with van der Waals surface area (Å²) in [6, 6.07) is 16.8. The third kappa shape index (κ3) is 2.42. The standard InChI is InChI=1S/C22H14N4O2/c23-11-14-1-3-15(4-2-14)17-10-20-21-24-7-8-26(21)19-6-5-16(22(27)28)9-18(19)13-25(20)12-17/h1-10,12H,13H2,(H,27,28). The number of imidazole rings is 1. The molecule has 1 aliphatic rings. The van der Waals surface area contributed by atoms with Crippen LogP contribution in [0.25, 0.3) is 28.3 Å². The molecule has 1 aliphatic heterocycles. The first-order valence-corrected chi connectivity index (χ1v) is 8.75. The summed E-state index contributed by atoms with van der Waals surface area (Å²) >= 11 is 0. The normalized spacial score (nSPS) is 11.7. The van der Waals surface area contributed by atoms with Gasteiger partial charge in [0, 0.05) is 30.7 Å². The van der Waals surface area contributed by atoms with Crippen LogP contribution in [0.4, 0.5) is 0 Å². The minimum atomic E-state index is -0.941. The van der Waals surface area contributed by atoms with Crippen molar-refractivity contribution < 1.29 is 9.90 Å². The van der Waals surface area contributed by atoms with Gasteiger partial charge < -0.3 is 9.67 Å². The average molecular weight is 366 g/mol. The quantitative estimate of drug-likeness (QED) is 0.513. The maximum Gasteiger partial charge on any atom is 0.335 e. The van der Waals surface area contributed by atoms with Gasteiger partial charge in [-0.1, -0.05) is 12.1 Å². The molecule has 2 aromatic heterocycles. The van der Waals surface area contributed by atoms with Crippen molar-refractivity contribution in [1.29, 1.82) is 5.26 Å². The zero-order chi connectivity index (χ0) is 19.3. The van der Waals surface area contributed by atoms with E-state index < -0.39 is 5.97 Å². The van der Waals surface area contributed by atoms with Gasteiger partial charge in [-0.2, -0.15) is 5.26 Å². The number of carboxylic acid groups (broad SMARTS) is 1. The second kappa shape index (κ2) is 5.96. The Kier molecular flexibility index (Phi) is 3.43. The summed E-state index contributed by atoms with van der Waals surface area (Å²) in [5.41, 5.74) is 5.72. The predicted molar refractivity (Wildman–Crippen MR) is 103 cm³/mol. The van der Waals surface area contributed by atoms with Crippen molar-refractivity contribution >= 4 is 5.97 Å². The van der Waals surface area contributed by atoms with Crippen molar-refractivity contribution in [2.45, 2.75) is 6.54 Å². The van der Waals surface area contributed by atoms with E-state index in [2.05, 4.69) is 21.7 Å². The number of benzene rings is 2. The topological polar surface area (TPSA) is 83.8 Å². The van der Waals surface area contributed by atoms with E-state index in [4.69, 9.17) is 5.26 Å². The minimum absolute atomic E-state index is 0.267. The Balaban J connectivity index is 1.67. The van der Waals surface area contributed by atoms with E-state index in [1.54, 1.807) is 30.5 Å². The third-order valence-corrected chi connectivity index (χ3v) is 5.04. The number of nitriles is 1. The number of fused-ring (bicyclic) bond motifs is 5. The maximum absolute atomic E-state index is 11.4. The first kappa shape index (κ1) is 16.1. The number of carboxylic acids is 1. The Hall–Kier alpha value is -4.11. The molecule has 1 N–H and O–H groups in total. The van der Waals surface area contributed by atoms with Gasteiger partial charge >= 0.3 is 5.97 Å². The minimum Gasteiger partial charge on any atom is -0.478 e. The SMILES string of the molecule is N#Cc1ccc(-c2cc3n(c2)Cc2cc(C(=O)O)ccc2-n2ccnc2-3)cc1. The van der Waals surface area contributed by atoms with Gasteiger partial charge in [-0.3, -0.25) is 4.57 Å². The highest BCUT2D eigenvalue weighted by Crippen LogP contribution is 2.34. The Morgan fingerprint density at radius 3 is 2.68 bits per heavy atom. The van der Waals surface area contributed by atoms with E-state index in [1.807, 2.05) is 35.2 Å². The molecular weight excluding hydrogens is 352 g/mol. The fourth-order valence-electron chi connectivity index (χ4n) is 3.67. The maximum atomic E-state index is 11.4. The number of rotatable bonds is 2. The molecule has 6 heteroatoms. The third-order valence-electron chi connectivity index (χ3n) is 5.04. The van der Waals surface area contributed by atoms with E-state index in [9.17, 15) is 9.90 Å². The molecule has 0 atom stereocenters. The summed E-state index contributed by atoms with van der Waals surface area (Å²) in [5, 5.41) is 18.3. The van der Waals surface area contributed by atoms with Crippen LogP contribution in [0.15, 0.2) is 67.1 Å². The Morgan fingerprint density at radius 1 is 1.11 bits per heavy atom. The van der Waals surface area contributed by atoms with E-state index >= 15 is 0 Å². The molecule has 28 heavy (non-hydrogen) atoms. The molecule has 0 aliphatic carbocycles. The molecule has 6 nitrogen and oxygen atoms in total. The number of hydrogen-bond donors (Lipinski definition) is 1. The molecule has 0 radical (unpaired) electrons. The van der Waals surface area contributed by atoms with Crippen molar-refractivity contribution in [2.75, 3.05) is 0 Å². The highest BCUT2D eigenvalue weighted by molar-refractivity contribution is 5.88. The van der Waals surface area contributed by atoms with Crippen molar-refractivity contribution in [1.82, 2.24) is 14.1 Å². The van der Waals surface area contributed by atoms with Crippen LogP contribution in [-0.4, -0.2) is 25.2 Å². The smallest absolute Gasteiger partial charge is 0.335 e. The van der Waals surface area contributed by atoms with Crippen molar-refractivity contribution in [3.8, 4) is 34.4 Å². The lowest BCUT2D eigenvalue weighted by Crippen LogP contribution is -2.04. The molecule has 134 valence electrons. The van der Waals surface area contributed by atoms with Gasteiger partial charge in [-0.05, 0) is 47.5 Å². The van der Waals surface area contributed by atoms with Gasteiger partial charge in [0.15, 0.2) is 5.82 Å². The predicted octanol–water partition coefficient (Wildman–Crippen LogP) is 3.94. The van der Waals surface area contributed by atoms with Crippen LogP contribution in [0.1, 0.15) is 21.5 Å². The largest absolute Gasteiger partial charge is 0.478 e. The first-order valence-electron chi connectivity index (χ1n) is 8.75. The Bertz CT molecular complexity index is 1270. The molecule has 4 aromatic rings. The molecule has 0 unspecified atom stereocenters. The summed E-state index contributed by atoms with van der Waals surface area (Å²) in [5.74, 6) is -0.134. The lowest BCUT2D eigenvalue weighted by molar-refractivity contribution is 0.0696. The van der Waals surface area contributed by atoms with Crippen LogP contribution in [0.2, 0.25) is 0 Å². The van der Waals surface area contributed by atoms with Gasteiger partial charge in [0.05, 0.1) is 28.6 Å². The fraction of sp³-hybridized carbons (Fsp3) is 0.0455. The molecule has 0 fully saturated rings. The van der Waals surface area contributed by atoms with Crippen molar-refractivity contribution in [2.24, 2.45) is 0 Å². The van der Waals surface area contributed by atoms with E-state index in [0.29, 0.717) is 12.1 Å². The summed E-state index contributed by atoms with van der Waals surface area (Å²) < 4.78 is 4.08. The van der Waals surface area contributed by atoms with Crippen LogP contribution < -0.4 is 0 Å². The zero-order valence-electron chi connectivity index (χ0n) is 14.7. The molecule has 0 spiro atoms. The number of nitrogens with zero attached hydrogens (tertiary/aromatic N) is 4. The fourth-order valence-corrected chi connectivity index (χ4v) is 3.67. The van der Waals surface area contributed by atoms with E-state index in [0.717, 1.165) is 33.9 Å². The molecule has 0 amide bonds. The van der Waals surface area contributed by atoms with E-state index in [-0.39, 0.29) is 5.56 Å². The number of aromatic carboxylic acids is 1. The first-order chi connectivity index (χ1) is 13.6. The summed E-state index contributed by atoms with van der Waals surface area (Å²) in [4.78, 5) is 15.9. The second-order valence-electron chi connectivity index (χ2n) is 6.70. The number of hydrogen-bond acceptors (Lipinski definition) is 3. The van der Waals surface area contributed by atoms with Crippen LogP contribution in [0.3, 0.4) is 0 Å². The lowest BCUT2D eigenvalue weighted by Gasteiger charge is -2.10. The van der Waals surface area contributed by atoms with Gasteiger partial charge in [0.1, 0.15) is 0 Å². The molecule has 0 saturated heterocycles. The molecule has 0 bridgehead atoms.